The molecule has 4 atom stereocenters. The summed E-state index contributed by atoms with van der Waals surface area (Å²) in [7, 11) is 0. The number of aliphatic hydroxyl groups is 1. The fourth-order valence-corrected chi connectivity index (χ4v) is 6.09. The molecular weight excluding hydrogens is 492 g/mol. The number of aromatic nitrogens is 1. The fourth-order valence-electron chi connectivity index (χ4n) is 5.19. The number of ether oxygens (including phenoxy) is 1. The van der Waals surface area contributed by atoms with Crippen LogP contribution in [0, 0.1) is 6.92 Å². The van der Waals surface area contributed by atoms with Crippen LogP contribution in [-0.2, 0) is 14.3 Å². The van der Waals surface area contributed by atoms with Crippen molar-refractivity contribution in [3.63, 3.8) is 0 Å². The lowest BCUT2D eigenvalue weighted by molar-refractivity contribution is -0.143. The van der Waals surface area contributed by atoms with Gasteiger partial charge in [-0.15, -0.1) is 11.3 Å². The van der Waals surface area contributed by atoms with E-state index in [2.05, 4.69) is 22.5 Å². The molecule has 4 rings (SSSR count). The minimum absolute atomic E-state index is 0.0774. The number of amides is 3. The Morgan fingerprint density at radius 3 is 2.65 bits per heavy atom. The van der Waals surface area contributed by atoms with Gasteiger partial charge >= 0.3 is 6.09 Å². The molecule has 0 radical (unpaired) electrons. The Bertz CT molecular complexity index is 1080. The molecule has 37 heavy (non-hydrogen) atoms. The highest BCUT2D eigenvalue weighted by molar-refractivity contribution is 7.09. The van der Waals surface area contributed by atoms with E-state index in [-0.39, 0.29) is 24.8 Å². The first-order chi connectivity index (χ1) is 17.5. The van der Waals surface area contributed by atoms with Crippen LogP contribution in [0.25, 0.3) is 0 Å². The van der Waals surface area contributed by atoms with Gasteiger partial charge in [0.2, 0.25) is 11.8 Å². The minimum Gasteiger partial charge on any atom is -0.444 e. The second-order valence-corrected chi connectivity index (χ2v) is 12.0. The third-order valence-electron chi connectivity index (χ3n) is 7.04. The maximum Gasteiger partial charge on any atom is 0.410 e. The number of carbonyl (C=O) groups excluding carboxylic acids is 3. The van der Waals surface area contributed by atoms with Gasteiger partial charge in [0.25, 0.3) is 0 Å². The van der Waals surface area contributed by atoms with Crippen LogP contribution in [0.3, 0.4) is 0 Å². The van der Waals surface area contributed by atoms with Crippen molar-refractivity contribution in [1.82, 2.24) is 20.1 Å². The van der Waals surface area contributed by atoms with E-state index >= 15 is 0 Å². The number of nitrogens with one attached hydrogen (secondary N) is 1. The summed E-state index contributed by atoms with van der Waals surface area (Å²) in [6.45, 7) is 8.25. The monoisotopic (exact) mass is 530 g/mol. The SMILES string of the molecule is Cc1ncsc1C1C=CC(CNC(=O)[C@@H]2C[C@@H](O)CN2C(=O)[C@@H]2CCCCN2C(=O)OC(C)(C)C)=CC1. The molecule has 10 heteroatoms. The molecule has 3 amide bonds. The molecule has 1 aromatic heterocycles. The van der Waals surface area contributed by atoms with Crippen LogP contribution in [-0.4, -0.2) is 81.2 Å². The summed E-state index contributed by atoms with van der Waals surface area (Å²) < 4.78 is 5.53. The summed E-state index contributed by atoms with van der Waals surface area (Å²) in [4.78, 5) is 48.1. The summed E-state index contributed by atoms with van der Waals surface area (Å²) in [6.07, 6.45) is 8.13. The summed E-state index contributed by atoms with van der Waals surface area (Å²) in [6, 6.07) is -1.47. The van der Waals surface area contributed by atoms with Crippen LogP contribution in [0.15, 0.2) is 29.3 Å². The highest BCUT2D eigenvalue weighted by Gasteiger charge is 2.44. The van der Waals surface area contributed by atoms with Gasteiger partial charge < -0.3 is 20.1 Å². The molecule has 1 unspecified atom stereocenters. The molecule has 2 N–H and O–H groups in total. The smallest absolute Gasteiger partial charge is 0.410 e. The van der Waals surface area contributed by atoms with E-state index in [0.29, 0.717) is 25.4 Å². The number of aryl methyl sites for hydroxylation is 1. The molecule has 0 spiro atoms. The van der Waals surface area contributed by atoms with Gasteiger partial charge in [0.05, 0.1) is 17.3 Å². The molecule has 0 bridgehead atoms. The Labute approximate surface area is 222 Å². The van der Waals surface area contributed by atoms with Crippen molar-refractivity contribution in [3.8, 4) is 0 Å². The number of thiazole rings is 1. The third kappa shape index (κ3) is 6.59. The lowest BCUT2D eigenvalue weighted by Crippen LogP contribution is -2.56. The zero-order valence-corrected chi connectivity index (χ0v) is 22.9. The van der Waals surface area contributed by atoms with Gasteiger partial charge in [0.15, 0.2) is 0 Å². The second kappa shape index (κ2) is 11.3. The molecule has 3 heterocycles. The predicted octanol–water partition coefficient (Wildman–Crippen LogP) is 3.29. The van der Waals surface area contributed by atoms with Crippen LogP contribution < -0.4 is 5.32 Å². The maximum absolute atomic E-state index is 13.6. The lowest BCUT2D eigenvalue weighted by atomic mass is 9.94. The average molecular weight is 531 g/mol. The van der Waals surface area contributed by atoms with Crippen LogP contribution in [0.4, 0.5) is 4.79 Å². The van der Waals surface area contributed by atoms with E-state index in [1.807, 2.05) is 18.5 Å². The molecule has 202 valence electrons. The summed E-state index contributed by atoms with van der Waals surface area (Å²) in [5.41, 5.74) is 3.25. The lowest BCUT2D eigenvalue weighted by Gasteiger charge is -2.38. The van der Waals surface area contributed by atoms with Crippen LogP contribution in [0.1, 0.15) is 69.4 Å². The topological polar surface area (TPSA) is 112 Å². The molecule has 3 aliphatic rings. The molecule has 0 aromatic carbocycles. The first kappa shape index (κ1) is 27.3. The largest absolute Gasteiger partial charge is 0.444 e. The molecule has 1 aromatic rings. The molecule has 1 aliphatic carbocycles. The van der Waals surface area contributed by atoms with E-state index in [1.54, 1.807) is 32.1 Å². The van der Waals surface area contributed by atoms with Crippen molar-refractivity contribution < 1.29 is 24.2 Å². The van der Waals surface area contributed by atoms with Crippen LogP contribution in [0.5, 0.6) is 0 Å². The van der Waals surface area contributed by atoms with Crippen molar-refractivity contribution >= 4 is 29.2 Å². The molecule has 2 fully saturated rings. The number of likely N-dealkylation sites (tertiary alicyclic amines) is 2. The standard InChI is InChI=1S/C27H38N4O5S/c1-17-23(37-16-29-17)19-10-8-18(9-11-19)14-28-24(33)22-13-20(32)15-31(22)25(34)21-7-5-6-12-30(21)26(35)36-27(2,3)4/h8-10,16,19-22,32H,5-7,11-15H2,1-4H3,(H,28,33)/t19?,20-,21+,22+/m1/s1. The van der Waals surface area contributed by atoms with Gasteiger partial charge in [0.1, 0.15) is 17.7 Å². The van der Waals surface area contributed by atoms with Crippen LogP contribution >= 0.6 is 11.3 Å². The third-order valence-corrected chi connectivity index (χ3v) is 8.11. The molecule has 0 saturated carbocycles. The number of β-amino-alcohol motifs (C(OH)–C–C–N with tert-alkyl or cyclic N) is 1. The normalized spacial score (nSPS) is 26.1. The van der Waals surface area contributed by atoms with Crippen molar-refractivity contribution in [1.29, 1.82) is 0 Å². The van der Waals surface area contributed by atoms with Gasteiger partial charge in [-0.2, -0.15) is 0 Å². The number of rotatable bonds is 5. The Kier molecular flexibility index (Phi) is 8.38. The second-order valence-electron chi connectivity index (χ2n) is 11.1. The molecule has 2 saturated heterocycles. The van der Waals surface area contributed by atoms with Crippen molar-refractivity contribution in [2.45, 2.75) is 89.5 Å². The Morgan fingerprint density at radius 1 is 1.22 bits per heavy atom. The molecule has 9 nitrogen and oxygen atoms in total. The average Bonchev–Trinajstić information content (AvgIpc) is 3.46. The fraction of sp³-hybridized carbons (Fsp3) is 0.630. The summed E-state index contributed by atoms with van der Waals surface area (Å²) >= 11 is 1.66. The number of hydrogen-bond acceptors (Lipinski definition) is 7. The highest BCUT2D eigenvalue weighted by atomic mass is 32.1. The zero-order chi connectivity index (χ0) is 26.7. The number of hydrogen-bond donors (Lipinski definition) is 2. The van der Waals surface area contributed by atoms with E-state index in [0.717, 1.165) is 30.5 Å². The van der Waals surface area contributed by atoms with Gasteiger partial charge in [-0.05, 0) is 59.0 Å². The van der Waals surface area contributed by atoms with E-state index in [1.165, 1.54) is 14.7 Å². The molecular formula is C27H38N4O5S. The van der Waals surface area contributed by atoms with E-state index in [4.69, 9.17) is 4.74 Å². The van der Waals surface area contributed by atoms with Crippen LogP contribution in [0.2, 0.25) is 0 Å². The van der Waals surface area contributed by atoms with Gasteiger partial charge in [0, 0.05) is 36.9 Å². The molecule has 2 aliphatic heterocycles. The first-order valence-corrected chi connectivity index (χ1v) is 13.9. The van der Waals surface area contributed by atoms with Crippen molar-refractivity contribution in [2.75, 3.05) is 19.6 Å². The maximum atomic E-state index is 13.6. The Hall–Kier alpha value is -2.72. The number of piperidine rings is 1. The number of aliphatic hydroxyl groups excluding tert-OH is 1. The van der Waals surface area contributed by atoms with Crippen molar-refractivity contribution in [3.05, 3.63) is 39.9 Å². The predicted molar refractivity (Wildman–Crippen MR) is 141 cm³/mol. The summed E-state index contributed by atoms with van der Waals surface area (Å²) in [5, 5.41) is 13.3. The Balaban J connectivity index is 1.37. The number of carbonyl (C=O) groups is 3. The van der Waals surface area contributed by atoms with Gasteiger partial charge in [-0.25, -0.2) is 9.78 Å². The Morgan fingerprint density at radius 2 is 2.00 bits per heavy atom. The summed E-state index contributed by atoms with van der Waals surface area (Å²) in [5.74, 6) is -0.297. The minimum atomic E-state index is -0.782. The number of allylic oxidation sites excluding steroid dienone is 2. The quantitative estimate of drug-likeness (QED) is 0.604. The van der Waals surface area contributed by atoms with Crippen molar-refractivity contribution in [2.24, 2.45) is 0 Å². The van der Waals surface area contributed by atoms with E-state index in [9.17, 15) is 19.5 Å². The highest BCUT2D eigenvalue weighted by Crippen LogP contribution is 2.31. The zero-order valence-electron chi connectivity index (χ0n) is 22.1. The van der Waals surface area contributed by atoms with E-state index < -0.39 is 29.9 Å². The number of nitrogens with zero attached hydrogens (tertiary/aromatic N) is 3. The van der Waals surface area contributed by atoms with Gasteiger partial charge in [-0.1, -0.05) is 18.2 Å². The first-order valence-electron chi connectivity index (χ1n) is 13.1. The van der Waals surface area contributed by atoms with Gasteiger partial charge in [-0.3, -0.25) is 14.5 Å².